The largest absolute Gasteiger partial charge is 0.446 e. The Hall–Kier alpha value is -2.96. The minimum Gasteiger partial charge on any atom is -0.446 e. The second-order valence-corrected chi connectivity index (χ2v) is 8.49. The monoisotopic (exact) mass is 392 g/mol. The number of nitrogens with zero attached hydrogens (tertiary/aromatic N) is 2. The first-order valence-electron chi connectivity index (χ1n) is 10.3. The molecule has 0 spiro atoms. The highest BCUT2D eigenvalue weighted by molar-refractivity contribution is 5.95. The highest BCUT2D eigenvalue weighted by atomic mass is 16.4. The summed E-state index contributed by atoms with van der Waals surface area (Å²) in [6.45, 7) is 0. The van der Waals surface area contributed by atoms with Crippen LogP contribution >= 0.6 is 0 Å². The maximum absolute atomic E-state index is 12.2. The molecule has 2 N–H and O–H groups in total. The van der Waals surface area contributed by atoms with Crippen molar-refractivity contribution in [2.75, 3.05) is 0 Å². The summed E-state index contributed by atoms with van der Waals surface area (Å²) < 4.78 is 5.36. The fraction of sp³-hybridized carbons (Fsp3) is 0.455. The lowest BCUT2D eigenvalue weighted by Crippen LogP contribution is -2.20. The Kier molecular flexibility index (Phi) is 4.66. The van der Waals surface area contributed by atoms with Crippen LogP contribution < -0.4 is 10.9 Å². The van der Waals surface area contributed by atoms with Crippen LogP contribution in [0.2, 0.25) is 0 Å². The molecule has 2 fully saturated rings. The molecule has 0 aliphatic heterocycles. The van der Waals surface area contributed by atoms with Gasteiger partial charge in [-0.3, -0.25) is 9.59 Å². The number of allylic oxidation sites excluding steroid dienone is 4. The van der Waals surface area contributed by atoms with E-state index < -0.39 is 11.8 Å². The molecule has 6 atom stereocenters. The number of fused-ring (bicyclic) bond motifs is 4. The van der Waals surface area contributed by atoms with Crippen molar-refractivity contribution in [2.24, 2.45) is 45.7 Å². The molecule has 0 saturated heterocycles. The molecule has 5 rings (SSSR count). The minimum absolute atomic E-state index is 0.0438. The summed E-state index contributed by atoms with van der Waals surface area (Å²) in [7, 11) is 0. The van der Waals surface area contributed by atoms with E-state index in [-0.39, 0.29) is 11.5 Å². The SMILES string of the molecule is O=C(N/N=C\[C@@H]1C[C@H]2C=C[C@H]1C2)c1ccc(C(=O)N/N=C\[C@H]2C[C@H]3C=C[C@H]2C3)o1. The van der Waals surface area contributed by atoms with E-state index in [0.29, 0.717) is 35.5 Å². The molecule has 0 aromatic carbocycles. The van der Waals surface area contributed by atoms with Gasteiger partial charge in [0, 0.05) is 24.3 Å². The quantitative estimate of drug-likeness (QED) is 0.442. The van der Waals surface area contributed by atoms with E-state index in [1.54, 1.807) is 0 Å². The van der Waals surface area contributed by atoms with Crippen molar-refractivity contribution in [3.63, 3.8) is 0 Å². The van der Waals surface area contributed by atoms with Crippen molar-refractivity contribution < 1.29 is 14.0 Å². The Morgan fingerprint density at radius 1 is 0.793 bits per heavy atom. The number of hydrazone groups is 2. The van der Waals surface area contributed by atoms with Crippen LogP contribution in [0.15, 0.2) is 51.1 Å². The number of amides is 2. The number of furan rings is 1. The van der Waals surface area contributed by atoms with Crippen molar-refractivity contribution in [1.82, 2.24) is 10.9 Å². The molecule has 2 amide bonds. The number of nitrogens with one attached hydrogen (secondary N) is 2. The molecule has 0 radical (unpaired) electrons. The average molecular weight is 392 g/mol. The predicted molar refractivity (Wildman–Crippen MR) is 108 cm³/mol. The number of carbonyl (C=O) groups excluding carboxylic acids is 2. The number of hydrogen-bond donors (Lipinski definition) is 2. The predicted octanol–water partition coefficient (Wildman–Crippen LogP) is 3.14. The lowest BCUT2D eigenvalue weighted by atomic mass is 9.95. The zero-order chi connectivity index (χ0) is 19.8. The zero-order valence-corrected chi connectivity index (χ0v) is 16.0. The third-order valence-electron chi connectivity index (χ3n) is 6.58. The summed E-state index contributed by atoms with van der Waals surface area (Å²) in [5, 5.41) is 8.13. The Balaban J connectivity index is 1.11. The fourth-order valence-corrected chi connectivity index (χ4v) is 5.06. The van der Waals surface area contributed by atoms with Crippen LogP contribution in [-0.4, -0.2) is 24.2 Å². The van der Waals surface area contributed by atoms with E-state index in [9.17, 15) is 9.59 Å². The van der Waals surface area contributed by atoms with Gasteiger partial charge in [-0.15, -0.1) is 0 Å². The van der Waals surface area contributed by atoms with Gasteiger partial charge < -0.3 is 4.42 Å². The molecule has 1 aromatic rings. The molecule has 7 nitrogen and oxygen atoms in total. The average Bonchev–Trinajstić information content (AvgIpc) is 3.54. The van der Waals surface area contributed by atoms with E-state index in [4.69, 9.17) is 4.42 Å². The smallest absolute Gasteiger partial charge is 0.307 e. The van der Waals surface area contributed by atoms with Gasteiger partial charge in [0.15, 0.2) is 11.5 Å². The number of hydrogen-bond acceptors (Lipinski definition) is 5. The van der Waals surface area contributed by atoms with Crippen molar-refractivity contribution >= 4 is 24.2 Å². The van der Waals surface area contributed by atoms with Gasteiger partial charge in [-0.05, 0) is 61.5 Å². The van der Waals surface area contributed by atoms with Crippen LogP contribution in [0, 0.1) is 35.5 Å². The maximum Gasteiger partial charge on any atom is 0.307 e. The first-order chi connectivity index (χ1) is 14.2. The van der Waals surface area contributed by atoms with Gasteiger partial charge in [0.2, 0.25) is 0 Å². The molecule has 4 aliphatic carbocycles. The molecule has 2 saturated carbocycles. The number of rotatable bonds is 6. The Morgan fingerprint density at radius 3 is 1.66 bits per heavy atom. The molecule has 0 unspecified atom stereocenters. The molecule has 1 aromatic heterocycles. The standard InChI is InChI=1S/C22H24N4O3/c27-21(25-23-11-17-9-13-1-3-15(17)7-13)19-5-6-20(29-19)22(28)26-24-12-18-10-14-2-4-16(18)8-14/h1-6,11-18H,7-10H2,(H,25,27)(H,26,28)/b23-11-,24-12-/t13-,14-,15-,16-,17-,18+/m0/s1. The topological polar surface area (TPSA) is 96.1 Å². The minimum atomic E-state index is -0.476. The molecular weight excluding hydrogens is 368 g/mol. The Labute approximate surface area is 169 Å². The normalized spacial score (nSPS) is 34.1. The van der Waals surface area contributed by atoms with E-state index in [2.05, 4.69) is 45.4 Å². The van der Waals surface area contributed by atoms with Crippen molar-refractivity contribution in [3.05, 3.63) is 48.0 Å². The molecule has 1 heterocycles. The number of carbonyl (C=O) groups is 2. The van der Waals surface area contributed by atoms with Crippen LogP contribution in [0.4, 0.5) is 0 Å². The van der Waals surface area contributed by atoms with Gasteiger partial charge in [-0.25, -0.2) is 10.9 Å². The highest BCUT2D eigenvalue weighted by Gasteiger charge is 2.35. The summed E-state index contributed by atoms with van der Waals surface area (Å²) in [5.74, 6) is 2.28. The highest BCUT2D eigenvalue weighted by Crippen LogP contribution is 2.43. The molecular formula is C22H24N4O3. The first kappa shape index (κ1) is 18.1. The van der Waals surface area contributed by atoms with Gasteiger partial charge >= 0.3 is 11.8 Å². The third kappa shape index (κ3) is 3.69. The van der Waals surface area contributed by atoms with Crippen LogP contribution in [0.5, 0.6) is 0 Å². The lowest BCUT2D eigenvalue weighted by molar-refractivity contribution is 0.0902. The molecule has 7 heteroatoms. The molecule has 29 heavy (non-hydrogen) atoms. The Bertz CT molecular complexity index is 856. The van der Waals surface area contributed by atoms with Gasteiger partial charge in [-0.1, -0.05) is 24.3 Å². The van der Waals surface area contributed by atoms with Gasteiger partial charge in [-0.2, -0.15) is 10.2 Å². The lowest BCUT2D eigenvalue weighted by Gasteiger charge is -2.11. The third-order valence-corrected chi connectivity index (χ3v) is 6.58. The summed E-state index contributed by atoms with van der Waals surface area (Å²) in [6.07, 6.45) is 17.2. The summed E-state index contributed by atoms with van der Waals surface area (Å²) in [5.41, 5.74) is 4.96. The van der Waals surface area contributed by atoms with Gasteiger partial charge in [0.1, 0.15) is 0 Å². The summed E-state index contributed by atoms with van der Waals surface area (Å²) in [6, 6.07) is 2.93. The van der Waals surface area contributed by atoms with Gasteiger partial charge in [0.05, 0.1) is 0 Å². The summed E-state index contributed by atoms with van der Waals surface area (Å²) in [4.78, 5) is 24.4. The second-order valence-electron chi connectivity index (χ2n) is 8.49. The van der Waals surface area contributed by atoms with Crippen LogP contribution in [0.1, 0.15) is 46.8 Å². The van der Waals surface area contributed by atoms with Crippen LogP contribution in [-0.2, 0) is 0 Å². The molecule has 4 aliphatic rings. The maximum atomic E-state index is 12.2. The molecule has 150 valence electrons. The van der Waals surface area contributed by atoms with E-state index in [1.807, 2.05) is 12.4 Å². The van der Waals surface area contributed by atoms with E-state index in [1.165, 1.54) is 25.0 Å². The fourth-order valence-electron chi connectivity index (χ4n) is 5.06. The van der Waals surface area contributed by atoms with Crippen LogP contribution in [0.25, 0.3) is 0 Å². The second kappa shape index (κ2) is 7.46. The zero-order valence-electron chi connectivity index (χ0n) is 16.0. The molecule has 4 bridgehead atoms. The van der Waals surface area contributed by atoms with Gasteiger partial charge in [0.25, 0.3) is 0 Å². The van der Waals surface area contributed by atoms with E-state index in [0.717, 1.165) is 12.8 Å². The van der Waals surface area contributed by atoms with E-state index >= 15 is 0 Å². The van der Waals surface area contributed by atoms with Crippen LogP contribution in [0.3, 0.4) is 0 Å². The Morgan fingerprint density at radius 2 is 1.28 bits per heavy atom. The van der Waals surface area contributed by atoms with Crippen molar-refractivity contribution in [1.29, 1.82) is 0 Å². The van der Waals surface area contributed by atoms with Crippen molar-refractivity contribution in [2.45, 2.75) is 25.7 Å². The first-order valence-corrected chi connectivity index (χ1v) is 10.3. The summed E-state index contributed by atoms with van der Waals surface area (Å²) >= 11 is 0. The van der Waals surface area contributed by atoms with Crippen molar-refractivity contribution in [3.8, 4) is 0 Å².